The Balaban J connectivity index is 1.65. The standard InChI is InChI=1S/C16H18N2O4S4/c19-25(20)7-5-11(9-25)23-15-16(24-12-6-8-26(21,22)10-12)18-14-4-2-1-3-13(14)17-15/h1-4,11-12H,5-10H2. The Morgan fingerprint density at radius 2 is 1.19 bits per heavy atom. The molecule has 2 aliphatic heterocycles. The lowest BCUT2D eigenvalue weighted by Gasteiger charge is -2.14. The molecule has 0 amide bonds. The topological polar surface area (TPSA) is 94.1 Å². The normalized spacial score (nSPS) is 27.1. The lowest BCUT2D eigenvalue weighted by molar-refractivity contribution is 0.600. The highest BCUT2D eigenvalue weighted by Gasteiger charge is 2.32. The second-order valence-corrected chi connectivity index (χ2v) is 13.6. The quantitative estimate of drug-likeness (QED) is 0.729. The number of hydrogen-bond acceptors (Lipinski definition) is 8. The van der Waals surface area contributed by atoms with E-state index in [0.717, 1.165) is 11.0 Å². The van der Waals surface area contributed by atoms with Crippen molar-refractivity contribution in [1.29, 1.82) is 0 Å². The number of aromatic nitrogens is 2. The van der Waals surface area contributed by atoms with Crippen LogP contribution < -0.4 is 0 Å². The van der Waals surface area contributed by atoms with Crippen molar-refractivity contribution >= 4 is 54.2 Å². The van der Waals surface area contributed by atoms with Crippen LogP contribution in [0.25, 0.3) is 11.0 Å². The van der Waals surface area contributed by atoms with E-state index in [1.54, 1.807) is 0 Å². The van der Waals surface area contributed by atoms with Gasteiger partial charge in [0.15, 0.2) is 19.7 Å². The molecule has 2 aromatic rings. The van der Waals surface area contributed by atoms with E-state index >= 15 is 0 Å². The van der Waals surface area contributed by atoms with Gasteiger partial charge in [-0.1, -0.05) is 35.7 Å². The van der Waals surface area contributed by atoms with Crippen molar-refractivity contribution in [3.63, 3.8) is 0 Å². The van der Waals surface area contributed by atoms with Crippen molar-refractivity contribution in [2.24, 2.45) is 0 Å². The van der Waals surface area contributed by atoms with E-state index < -0.39 is 19.7 Å². The fourth-order valence-electron chi connectivity index (χ4n) is 3.14. The summed E-state index contributed by atoms with van der Waals surface area (Å²) in [4.78, 5) is 9.40. The highest BCUT2D eigenvalue weighted by atomic mass is 32.2. The van der Waals surface area contributed by atoms with Crippen LogP contribution in [0.15, 0.2) is 34.3 Å². The molecule has 0 bridgehead atoms. The molecule has 4 rings (SSSR count). The van der Waals surface area contributed by atoms with Gasteiger partial charge in [-0.3, -0.25) is 0 Å². The number of thioether (sulfide) groups is 2. The van der Waals surface area contributed by atoms with Crippen molar-refractivity contribution in [3.05, 3.63) is 24.3 Å². The molecule has 0 radical (unpaired) electrons. The number of rotatable bonds is 4. The summed E-state index contributed by atoms with van der Waals surface area (Å²) in [6.45, 7) is 0. The average Bonchev–Trinajstić information content (AvgIpc) is 3.09. The molecular weight excluding hydrogens is 412 g/mol. The van der Waals surface area contributed by atoms with Crippen LogP contribution in [0.2, 0.25) is 0 Å². The molecule has 0 aliphatic carbocycles. The minimum Gasteiger partial charge on any atom is -0.237 e. The molecule has 0 saturated carbocycles. The Kier molecular flexibility index (Phi) is 4.96. The molecule has 0 N–H and O–H groups in total. The minimum absolute atomic E-state index is 0.0258. The van der Waals surface area contributed by atoms with Crippen molar-refractivity contribution in [1.82, 2.24) is 9.97 Å². The summed E-state index contributed by atoms with van der Waals surface area (Å²) in [5, 5.41) is 1.37. The van der Waals surface area contributed by atoms with E-state index in [9.17, 15) is 16.8 Å². The molecule has 6 nitrogen and oxygen atoms in total. The first-order chi connectivity index (χ1) is 12.3. The third-order valence-corrected chi connectivity index (χ3v) is 11.0. The Morgan fingerprint density at radius 1 is 0.769 bits per heavy atom. The van der Waals surface area contributed by atoms with Crippen molar-refractivity contribution in [2.45, 2.75) is 33.4 Å². The van der Waals surface area contributed by atoms with Gasteiger partial charge < -0.3 is 0 Å². The van der Waals surface area contributed by atoms with Gasteiger partial charge in [-0.2, -0.15) is 0 Å². The van der Waals surface area contributed by atoms with E-state index in [1.807, 2.05) is 24.3 Å². The zero-order valence-electron chi connectivity index (χ0n) is 13.9. The van der Waals surface area contributed by atoms with Gasteiger partial charge in [0.25, 0.3) is 0 Å². The van der Waals surface area contributed by atoms with Crippen LogP contribution in [0.3, 0.4) is 0 Å². The molecule has 2 atom stereocenters. The molecule has 2 aliphatic rings. The predicted molar refractivity (Wildman–Crippen MR) is 105 cm³/mol. The predicted octanol–water partition coefficient (Wildman–Crippen LogP) is 2.19. The second kappa shape index (κ2) is 6.96. The summed E-state index contributed by atoms with van der Waals surface area (Å²) >= 11 is 2.91. The maximum absolute atomic E-state index is 11.8. The van der Waals surface area contributed by atoms with Crippen LogP contribution in [0.4, 0.5) is 0 Å². The Morgan fingerprint density at radius 3 is 1.54 bits per heavy atom. The van der Waals surface area contributed by atoms with E-state index in [4.69, 9.17) is 9.97 Å². The lowest BCUT2D eigenvalue weighted by atomic mass is 10.3. The average molecular weight is 431 g/mol. The number of sulfone groups is 2. The summed E-state index contributed by atoms with van der Waals surface area (Å²) in [7, 11) is -5.93. The molecule has 2 fully saturated rings. The number of hydrogen-bond donors (Lipinski definition) is 0. The first-order valence-electron chi connectivity index (χ1n) is 8.31. The largest absolute Gasteiger partial charge is 0.237 e. The minimum atomic E-state index is -2.96. The Bertz CT molecular complexity index is 969. The molecule has 2 unspecified atom stereocenters. The number of para-hydroxylation sites is 2. The molecule has 140 valence electrons. The Labute approximate surface area is 161 Å². The highest BCUT2D eigenvalue weighted by molar-refractivity contribution is 8.04. The zero-order valence-corrected chi connectivity index (χ0v) is 17.1. The fourth-order valence-corrected chi connectivity index (χ4v) is 10.3. The van der Waals surface area contributed by atoms with E-state index in [0.29, 0.717) is 22.9 Å². The number of fused-ring (bicyclic) bond motifs is 1. The Hall–Kier alpha value is -0.840. The van der Waals surface area contributed by atoms with Crippen LogP contribution >= 0.6 is 23.5 Å². The lowest BCUT2D eigenvalue weighted by Crippen LogP contribution is -2.09. The van der Waals surface area contributed by atoms with Gasteiger partial charge in [0.2, 0.25) is 0 Å². The second-order valence-electron chi connectivity index (χ2n) is 6.61. The van der Waals surface area contributed by atoms with Crippen molar-refractivity contribution in [2.75, 3.05) is 23.0 Å². The fraction of sp³-hybridized carbons (Fsp3) is 0.500. The van der Waals surface area contributed by atoms with Crippen LogP contribution in [-0.4, -0.2) is 60.3 Å². The molecule has 2 saturated heterocycles. The SMILES string of the molecule is O=S1(=O)CCC(Sc2nc3ccccc3nc2SC2CCS(=O)(=O)C2)C1. The van der Waals surface area contributed by atoms with E-state index in [-0.39, 0.29) is 33.5 Å². The summed E-state index contributed by atoms with van der Waals surface area (Å²) in [5.74, 6) is 0.756. The summed E-state index contributed by atoms with van der Waals surface area (Å²) in [6.07, 6.45) is 1.23. The van der Waals surface area contributed by atoms with Crippen LogP contribution in [0, 0.1) is 0 Å². The third kappa shape index (κ3) is 4.18. The maximum atomic E-state index is 11.8. The summed E-state index contributed by atoms with van der Waals surface area (Å²) in [6, 6.07) is 7.54. The molecule has 26 heavy (non-hydrogen) atoms. The number of nitrogens with zero attached hydrogens (tertiary/aromatic N) is 2. The molecule has 1 aromatic heterocycles. The van der Waals surface area contributed by atoms with Gasteiger partial charge in [-0.15, -0.1) is 0 Å². The van der Waals surface area contributed by atoms with E-state index in [1.165, 1.54) is 23.5 Å². The smallest absolute Gasteiger partial charge is 0.151 e. The van der Waals surface area contributed by atoms with Gasteiger partial charge >= 0.3 is 0 Å². The summed E-state index contributed by atoms with van der Waals surface area (Å²) in [5.41, 5.74) is 1.53. The van der Waals surface area contributed by atoms with Gasteiger partial charge in [0.1, 0.15) is 10.1 Å². The van der Waals surface area contributed by atoms with Gasteiger partial charge in [-0.05, 0) is 25.0 Å². The molecular formula is C16H18N2O4S4. The van der Waals surface area contributed by atoms with Crippen LogP contribution in [-0.2, 0) is 19.7 Å². The van der Waals surface area contributed by atoms with Gasteiger partial charge in [0.05, 0.1) is 34.0 Å². The van der Waals surface area contributed by atoms with Gasteiger partial charge in [-0.25, -0.2) is 26.8 Å². The first-order valence-corrected chi connectivity index (χ1v) is 13.7. The molecule has 3 heterocycles. The van der Waals surface area contributed by atoms with Crippen molar-refractivity contribution < 1.29 is 16.8 Å². The monoisotopic (exact) mass is 430 g/mol. The van der Waals surface area contributed by atoms with Crippen LogP contribution in [0.1, 0.15) is 12.8 Å². The van der Waals surface area contributed by atoms with Crippen LogP contribution in [0.5, 0.6) is 0 Å². The van der Waals surface area contributed by atoms with Crippen molar-refractivity contribution in [3.8, 4) is 0 Å². The number of benzene rings is 1. The maximum Gasteiger partial charge on any atom is 0.151 e. The highest BCUT2D eigenvalue weighted by Crippen LogP contribution is 2.39. The van der Waals surface area contributed by atoms with Gasteiger partial charge in [0, 0.05) is 10.5 Å². The first kappa shape index (κ1) is 18.5. The molecule has 10 heteroatoms. The molecule has 0 spiro atoms. The third-order valence-electron chi connectivity index (χ3n) is 4.45. The van der Waals surface area contributed by atoms with E-state index in [2.05, 4.69) is 0 Å². The zero-order chi connectivity index (χ0) is 18.4. The summed E-state index contributed by atoms with van der Waals surface area (Å²) < 4.78 is 47.0. The molecule has 1 aromatic carbocycles.